The number of carbonyl (C=O) groups excluding carboxylic acids is 1. The van der Waals surface area contributed by atoms with Crippen LogP contribution in [0.5, 0.6) is 0 Å². The molecule has 7 nitrogen and oxygen atoms in total. The number of piperidine rings is 1. The van der Waals surface area contributed by atoms with E-state index in [0.29, 0.717) is 18.0 Å². The maximum atomic E-state index is 12.4. The summed E-state index contributed by atoms with van der Waals surface area (Å²) in [6, 6.07) is 0.0479. The normalized spacial score (nSPS) is 19.7. The van der Waals surface area contributed by atoms with Gasteiger partial charge in [0.15, 0.2) is 0 Å². The van der Waals surface area contributed by atoms with E-state index in [9.17, 15) is 13.2 Å². The van der Waals surface area contributed by atoms with Crippen LogP contribution in [0.15, 0.2) is 4.52 Å². The first-order chi connectivity index (χ1) is 10.8. The Hall–Kier alpha value is -1.41. The van der Waals surface area contributed by atoms with Gasteiger partial charge < -0.3 is 9.84 Å². The number of hydrogen-bond donors (Lipinski definition) is 1. The number of sulfonamides is 1. The van der Waals surface area contributed by atoms with E-state index in [-0.39, 0.29) is 30.7 Å². The van der Waals surface area contributed by atoms with Gasteiger partial charge in [-0.2, -0.15) is 4.31 Å². The van der Waals surface area contributed by atoms with E-state index in [2.05, 4.69) is 10.5 Å². The fraction of sp³-hybridized carbons (Fsp3) is 0.733. The Labute approximate surface area is 137 Å². The number of nitrogens with zero attached hydrogens (tertiary/aromatic N) is 2. The third kappa shape index (κ3) is 4.54. The molecule has 1 aromatic heterocycles. The van der Waals surface area contributed by atoms with Crippen LogP contribution in [0.1, 0.15) is 43.2 Å². The average molecular weight is 343 g/mol. The quantitative estimate of drug-likeness (QED) is 0.836. The Kier molecular flexibility index (Phi) is 5.80. The Bertz CT molecular complexity index is 634. The molecule has 2 heterocycles. The van der Waals surface area contributed by atoms with Crippen molar-refractivity contribution in [2.45, 2.75) is 52.5 Å². The first kappa shape index (κ1) is 17.9. The molecule has 1 fully saturated rings. The molecular formula is C15H25N3O4S. The highest BCUT2D eigenvalue weighted by Gasteiger charge is 2.29. The van der Waals surface area contributed by atoms with Gasteiger partial charge in [-0.1, -0.05) is 11.6 Å². The van der Waals surface area contributed by atoms with E-state index >= 15 is 0 Å². The lowest BCUT2D eigenvalue weighted by atomic mass is 10.1. The second-order valence-electron chi connectivity index (χ2n) is 6.10. The van der Waals surface area contributed by atoms with Crippen molar-refractivity contribution >= 4 is 15.9 Å². The van der Waals surface area contributed by atoms with E-state index in [4.69, 9.17) is 4.52 Å². The molecule has 8 heteroatoms. The fourth-order valence-electron chi connectivity index (χ4n) is 2.90. The van der Waals surface area contributed by atoms with E-state index in [1.54, 1.807) is 18.2 Å². The number of carbonyl (C=O) groups is 1. The fourth-order valence-corrected chi connectivity index (χ4v) is 4.55. The number of rotatable bonds is 6. The molecule has 2 rings (SSSR count). The molecule has 0 spiro atoms. The van der Waals surface area contributed by atoms with Gasteiger partial charge in [-0.25, -0.2) is 8.42 Å². The van der Waals surface area contributed by atoms with E-state index in [1.165, 1.54) is 0 Å². The van der Waals surface area contributed by atoms with Crippen molar-refractivity contribution in [3.8, 4) is 0 Å². The molecule has 0 aromatic carbocycles. The number of hydrogen-bond acceptors (Lipinski definition) is 5. The first-order valence-corrected chi connectivity index (χ1v) is 9.60. The molecule has 1 N–H and O–H groups in total. The summed E-state index contributed by atoms with van der Waals surface area (Å²) in [6.45, 7) is 6.17. The maximum absolute atomic E-state index is 12.4. The number of aromatic nitrogens is 1. The van der Waals surface area contributed by atoms with Crippen LogP contribution in [0.2, 0.25) is 0 Å². The summed E-state index contributed by atoms with van der Waals surface area (Å²) < 4.78 is 31.3. The van der Waals surface area contributed by atoms with Crippen LogP contribution in [-0.2, 0) is 21.2 Å². The molecule has 0 unspecified atom stereocenters. The van der Waals surface area contributed by atoms with Crippen molar-refractivity contribution < 1.29 is 17.7 Å². The monoisotopic (exact) mass is 343 g/mol. The molecule has 1 aliphatic heterocycles. The third-order valence-corrected chi connectivity index (χ3v) is 6.28. The Balaban J connectivity index is 1.83. The summed E-state index contributed by atoms with van der Waals surface area (Å²) in [5.41, 5.74) is 1.45. The van der Waals surface area contributed by atoms with Crippen LogP contribution < -0.4 is 5.32 Å². The molecule has 0 aliphatic carbocycles. The van der Waals surface area contributed by atoms with Gasteiger partial charge in [0.1, 0.15) is 5.76 Å². The molecule has 0 bridgehead atoms. The largest absolute Gasteiger partial charge is 0.361 e. The van der Waals surface area contributed by atoms with Crippen LogP contribution in [0.3, 0.4) is 0 Å². The number of amides is 1. The van der Waals surface area contributed by atoms with Crippen molar-refractivity contribution in [2.75, 3.05) is 18.8 Å². The molecule has 130 valence electrons. The van der Waals surface area contributed by atoms with Crippen molar-refractivity contribution in [3.63, 3.8) is 0 Å². The first-order valence-electron chi connectivity index (χ1n) is 7.99. The highest BCUT2D eigenvalue weighted by molar-refractivity contribution is 7.89. The van der Waals surface area contributed by atoms with Gasteiger partial charge in [0.2, 0.25) is 15.9 Å². The lowest BCUT2D eigenvalue weighted by molar-refractivity contribution is -0.120. The molecular weight excluding hydrogens is 318 g/mol. The molecule has 23 heavy (non-hydrogen) atoms. The van der Waals surface area contributed by atoms with Gasteiger partial charge >= 0.3 is 0 Å². The topological polar surface area (TPSA) is 92.5 Å². The van der Waals surface area contributed by atoms with Crippen molar-refractivity contribution in [1.82, 2.24) is 14.8 Å². The van der Waals surface area contributed by atoms with Crippen LogP contribution >= 0.6 is 0 Å². The van der Waals surface area contributed by atoms with Crippen LogP contribution in [0.25, 0.3) is 0 Å². The van der Waals surface area contributed by atoms with Gasteiger partial charge in [-0.15, -0.1) is 0 Å². The molecule has 0 saturated carbocycles. The van der Waals surface area contributed by atoms with Gasteiger partial charge in [0, 0.05) is 24.7 Å². The van der Waals surface area contributed by atoms with Gasteiger partial charge in [-0.05, 0) is 33.6 Å². The van der Waals surface area contributed by atoms with Crippen molar-refractivity contribution in [2.24, 2.45) is 0 Å². The Morgan fingerprint density at radius 3 is 2.74 bits per heavy atom. The zero-order valence-electron chi connectivity index (χ0n) is 14.0. The second kappa shape index (κ2) is 7.44. The van der Waals surface area contributed by atoms with Crippen LogP contribution in [0.4, 0.5) is 0 Å². The minimum atomic E-state index is -3.32. The highest BCUT2D eigenvalue weighted by Crippen LogP contribution is 2.20. The number of nitrogens with one attached hydrogen (secondary N) is 1. The van der Waals surface area contributed by atoms with Crippen LogP contribution in [0, 0.1) is 13.8 Å². The Morgan fingerprint density at radius 2 is 2.13 bits per heavy atom. The molecule has 0 radical (unpaired) electrons. The molecule has 1 aromatic rings. The minimum Gasteiger partial charge on any atom is -0.361 e. The standard InChI is InChI=1S/C15H25N3O4S/c1-11-6-4-5-8-18(11)23(20,21)9-7-16-15(19)10-14-12(2)17-22-13(14)3/h11H,4-10H2,1-3H3,(H,16,19)/t11-/m1/s1. The van der Waals surface area contributed by atoms with Crippen LogP contribution in [-0.4, -0.2) is 48.7 Å². The maximum Gasteiger partial charge on any atom is 0.224 e. The SMILES string of the molecule is Cc1noc(C)c1CC(=O)NCCS(=O)(=O)N1CCCC[C@H]1C. The van der Waals surface area contributed by atoms with Gasteiger partial charge in [0.05, 0.1) is 17.9 Å². The molecule has 1 saturated heterocycles. The highest BCUT2D eigenvalue weighted by atomic mass is 32.2. The average Bonchev–Trinajstić information content (AvgIpc) is 2.79. The minimum absolute atomic E-state index is 0.0479. The predicted molar refractivity (Wildman–Crippen MR) is 86.5 cm³/mol. The second-order valence-corrected chi connectivity index (χ2v) is 8.14. The van der Waals surface area contributed by atoms with Crippen molar-refractivity contribution in [3.05, 3.63) is 17.0 Å². The summed E-state index contributed by atoms with van der Waals surface area (Å²) >= 11 is 0. The third-order valence-electron chi connectivity index (χ3n) is 4.30. The van der Waals surface area contributed by atoms with E-state index < -0.39 is 10.0 Å². The zero-order chi connectivity index (χ0) is 17.0. The number of aryl methyl sites for hydroxylation is 2. The van der Waals surface area contributed by atoms with E-state index in [0.717, 1.165) is 24.8 Å². The summed E-state index contributed by atoms with van der Waals surface area (Å²) in [5, 5.41) is 6.47. The van der Waals surface area contributed by atoms with Gasteiger partial charge in [-0.3, -0.25) is 4.79 Å². The lowest BCUT2D eigenvalue weighted by Gasteiger charge is -2.32. The predicted octanol–water partition coefficient (Wildman–Crippen LogP) is 1.15. The molecule has 1 atom stereocenters. The summed E-state index contributed by atoms with van der Waals surface area (Å²) in [5.74, 6) is 0.332. The van der Waals surface area contributed by atoms with Crippen molar-refractivity contribution in [1.29, 1.82) is 0 Å². The Morgan fingerprint density at radius 1 is 1.39 bits per heavy atom. The molecule has 1 aliphatic rings. The van der Waals surface area contributed by atoms with E-state index in [1.807, 2.05) is 6.92 Å². The lowest BCUT2D eigenvalue weighted by Crippen LogP contribution is -2.45. The summed E-state index contributed by atoms with van der Waals surface area (Å²) in [6.07, 6.45) is 3.03. The zero-order valence-corrected chi connectivity index (χ0v) is 14.8. The summed E-state index contributed by atoms with van der Waals surface area (Å²) in [4.78, 5) is 12.0. The molecule has 1 amide bonds. The van der Waals surface area contributed by atoms with Gasteiger partial charge in [0.25, 0.3) is 0 Å². The smallest absolute Gasteiger partial charge is 0.224 e. The summed E-state index contributed by atoms with van der Waals surface area (Å²) in [7, 11) is -3.32.